The quantitative estimate of drug-likeness (QED) is 0.0192. The van der Waals surface area contributed by atoms with Gasteiger partial charge in [0.05, 0.1) is 18.7 Å². The standard InChI is InChI=1S/C65H37F68N2O3/c1-137-33(136)27-9-3-2-8-26(27)32-28-12-10-24(134(18-4-14-34(66,67)38(74,75)42(82,83)46(90,91)50(98,99)54(106,107)58(114,115)62(122,123)124)19-5-15-35(68,69)39(76,77)43(84,85)47(92,93)51(100,101)55(108,109)59(116,117)63(125,126)127)22-30(28)138-31-23-25(11-13-29(31)32)135(20-6-16-36(70,71)40(78,79)44(86,87)48(94,95)52(102,103)56(110,111)60(118,119)64(128,129)130)21-7-17-37(72,73)41(80,81)45(88,89)49(96,97)53(104,105)57(112,113)61(120,121)65(131,132)133/h2-3,8-13,22-23H,4-7,14-21H2,1H3/q+1. The van der Waals surface area contributed by atoms with Gasteiger partial charge in [-0.15, -0.1) is 0 Å². The maximum Gasteiger partial charge on any atom is 0.460 e. The number of alkyl halides is 68. The van der Waals surface area contributed by atoms with E-state index in [2.05, 4.69) is 4.74 Å². The Labute approximate surface area is 713 Å². The fourth-order valence-corrected chi connectivity index (χ4v) is 11.7. The molecule has 1 aliphatic heterocycles. The fraction of sp³-hybridized carbons (Fsp3) is 0.692. The summed E-state index contributed by atoms with van der Waals surface area (Å²) in [5.41, 5.74) is -7.45. The molecule has 138 heavy (non-hydrogen) atoms. The molecule has 2 aromatic rings. The van der Waals surface area contributed by atoms with Crippen LogP contribution in [0.4, 0.5) is 304 Å². The van der Waals surface area contributed by atoms with E-state index in [1.165, 1.54) is 0 Å². The summed E-state index contributed by atoms with van der Waals surface area (Å²) in [4.78, 5) is 12.6. The molecule has 4 rings (SSSR count). The van der Waals surface area contributed by atoms with Crippen LogP contribution in [-0.4, -0.2) is 230 Å². The molecule has 0 spiro atoms. The summed E-state index contributed by atoms with van der Waals surface area (Å²) in [6.07, 6.45) is -59.9. The summed E-state index contributed by atoms with van der Waals surface area (Å²) in [6.45, 7) is -10.0. The molecular formula is C65H37F68N2O3+. The van der Waals surface area contributed by atoms with Crippen LogP contribution in [0.5, 0.6) is 0 Å². The summed E-state index contributed by atoms with van der Waals surface area (Å²) in [5.74, 6) is -254. The lowest BCUT2D eigenvalue weighted by atomic mass is 9.88. The average Bonchev–Trinajstić information content (AvgIpc) is 0.703. The van der Waals surface area contributed by atoms with Crippen molar-refractivity contribution in [3.05, 3.63) is 71.6 Å². The first-order chi connectivity index (χ1) is 60.1. The number of esters is 1. The maximum absolute atomic E-state index is 15.4. The molecule has 800 valence electrons. The van der Waals surface area contributed by atoms with Gasteiger partial charge in [-0.1, -0.05) is 18.2 Å². The normalized spacial score (nSPS) is 15.9. The molecule has 0 radical (unpaired) electrons. The Morgan fingerprint density at radius 1 is 0.275 bits per heavy atom. The number of hydrogen-bond donors (Lipinski definition) is 0. The minimum Gasteiger partial charge on any atom is -0.465 e. The number of hydrogen-bond acceptors (Lipinski definition) is 4. The molecule has 5 nitrogen and oxygen atoms in total. The highest BCUT2D eigenvalue weighted by Crippen LogP contribution is 2.71. The third-order valence-corrected chi connectivity index (χ3v) is 19.8. The molecule has 1 aliphatic carbocycles. The predicted molar refractivity (Wildman–Crippen MR) is 316 cm³/mol. The van der Waals surface area contributed by atoms with Gasteiger partial charge in [-0.05, 0) is 42.7 Å². The van der Waals surface area contributed by atoms with Crippen LogP contribution in [0.25, 0.3) is 33.4 Å². The highest BCUT2D eigenvalue weighted by Gasteiger charge is 3.00. The Bertz CT molecular complexity index is 4780. The van der Waals surface area contributed by atoms with Crippen molar-refractivity contribution in [2.75, 3.05) is 38.2 Å². The van der Waals surface area contributed by atoms with Gasteiger partial charge in [0, 0.05) is 85.9 Å². The van der Waals surface area contributed by atoms with E-state index in [1.54, 1.807) is 0 Å². The van der Waals surface area contributed by atoms with Gasteiger partial charge in [-0.25, -0.2) is 9.37 Å². The monoisotopic (exact) mass is 2190 g/mol. The van der Waals surface area contributed by atoms with Gasteiger partial charge in [0.25, 0.3) is 0 Å². The largest absolute Gasteiger partial charge is 0.465 e. The summed E-state index contributed by atoms with van der Waals surface area (Å²) in [6, 6.07) is 2.45. The smallest absolute Gasteiger partial charge is 0.460 e. The zero-order valence-electron chi connectivity index (χ0n) is 64.1. The molecule has 2 aliphatic rings. The lowest BCUT2D eigenvalue weighted by Crippen LogP contribution is -2.74. The second kappa shape index (κ2) is 35.3. The molecule has 0 unspecified atom stereocenters. The Balaban J connectivity index is 2.26. The zero-order chi connectivity index (χ0) is 110. The zero-order valence-corrected chi connectivity index (χ0v) is 64.1. The molecule has 0 aromatic heterocycles. The van der Waals surface area contributed by atoms with E-state index in [4.69, 9.17) is 4.42 Å². The van der Waals surface area contributed by atoms with Crippen molar-refractivity contribution >= 4 is 22.6 Å². The van der Waals surface area contributed by atoms with Crippen LogP contribution in [0.1, 0.15) is 61.7 Å². The van der Waals surface area contributed by atoms with E-state index in [0.717, 1.165) is 6.07 Å². The van der Waals surface area contributed by atoms with Crippen molar-refractivity contribution in [3.8, 4) is 22.5 Å². The van der Waals surface area contributed by atoms with Gasteiger partial charge >= 0.3 is 197 Å². The van der Waals surface area contributed by atoms with Crippen LogP contribution in [0.15, 0.2) is 65.1 Å². The van der Waals surface area contributed by atoms with Crippen molar-refractivity contribution in [3.63, 3.8) is 0 Å². The number of nitrogens with zero attached hydrogens (tertiary/aromatic N) is 2. The minimum atomic E-state index is -9.44. The molecule has 0 bridgehead atoms. The Morgan fingerprint density at radius 2 is 0.514 bits per heavy atom. The van der Waals surface area contributed by atoms with Crippen molar-refractivity contribution in [1.82, 2.24) is 4.58 Å². The van der Waals surface area contributed by atoms with Crippen LogP contribution < -0.4 is 14.8 Å². The van der Waals surface area contributed by atoms with E-state index in [0.29, 0.717) is 25.3 Å². The number of carbonyl (C=O) groups is 1. The van der Waals surface area contributed by atoms with Gasteiger partial charge in [0.2, 0.25) is 5.36 Å². The number of rotatable bonds is 43. The fourth-order valence-electron chi connectivity index (χ4n) is 11.7. The molecular weight excluding hydrogens is 2150 g/mol. The number of benzene rings is 3. The van der Waals surface area contributed by atoms with Crippen LogP contribution >= 0.6 is 0 Å². The van der Waals surface area contributed by atoms with Gasteiger partial charge in [0.1, 0.15) is 24.4 Å². The Morgan fingerprint density at radius 3 is 0.768 bits per heavy atom. The molecule has 0 saturated carbocycles. The number of fused-ring (bicyclic) bond motifs is 2. The van der Waals surface area contributed by atoms with E-state index in [1.807, 2.05) is 0 Å². The first kappa shape index (κ1) is 122. The van der Waals surface area contributed by atoms with E-state index in [9.17, 15) is 233 Å². The average molecular weight is 2190 g/mol. The number of halogens is 68. The summed E-state index contributed by atoms with van der Waals surface area (Å²) in [7, 11) is 0.416. The van der Waals surface area contributed by atoms with Crippen molar-refractivity contribution in [2.24, 2.45) is 0 Å². The van der Waals surface area contributed by atoms with Gasteiger partial charge in [-0.2, -0.15) is 299 Å². The molecule has 0 fully saturated rings. The molecule has 0 amide bonds. The van der Waals surface area contributed by atoms with Crippen molar-refractivity contribution < 1.29 is 312 Å². The first-order valence-corrected chi connectivity index (χ1v) is 34.5. The van der Waals surface area contributed by atoms with E-state index >= 15 is 70.2 Å². The topological polar surface area (TPSA) is 45.7 Å². The Hall–Kier alpha value is -8.36. The van der Waals surface area contributed by atoms with Crippen molar-refractivity contribution in [2.45, 2.75) is 242 Å². The molecule has 0 N–H and O–H groups in total. The second-order valence-electron chi connectivity index (χ2n) is 28.9. The summed E-state index contributed by atoms with van der Waals surface area (Å²) in [5, 5.41) is -2.81. The highest BCUT2D eigenvalue weighted by atomic mass is 19.5. The summed E-state index contributed by atoms with van der Waals surface area (Å²) < 4.78 is 977. The van der Waals surface area contributed by atoms with Crippen LogP contribution in [-0.2, 0) is 4.74 Å². The molecule has 0 saturated heterocycles. The van der Waals surface area contributed by atoms with Crippen LogP contribution in [0.3, 0.4) is 0 Å². The van der Waals surface area contributed by atoms with Gasteiger partial charge in [0.15, 0.2) is 0 Å². The van der Waals surface area contributed by atoms with E-state index in [-0.39, 0.29) is 36.4 Å². The molecule has 73 heteroatoms. The predicted octanol–water partition coefficient (Wildman–Crippen LogP) is 28.7. The third-order valence-electron chi connectivity index (χ3n) is 19.8. The SMILES string of the molecule is COC(=O)c1ccccc1-c1c2ccc(=[N+](CCCC(F)(F)C(F)(F)C(F)(F)C(F)(F)C(F)(F)C(F)(F)C(F)(F)C(F)(F)F)CCCC(F)(F)C(F)(F)C(F)(F)C(F)(F)C(F)(F)C(F)(F)C(F)(F)C(F)(F)F)cc-2oc2cc(N(CCCC(F)(F)C(F)(F)C(F)(F)C(F)(F)C(F)(F)C(F)(F)C(F)(F)C(F)(F)F)CCCC(F)(F)C(F)(F)C(F)(F)C(F)(F)C(F)(F)C(F)(F)C(F)(F)C(F)(F)F)ccc12. The maximum atomic E-state index is 15.4. The number of methoxy groups -OCH3 is 1. The number of ether oxygens (including phenoxy) is 1. The number of anilines is 1. The summed E-state index contributed by atoms with van der Waals surface area (Å²) >= 11 is 0. The van der Waals surface area contributed by atoms with Crippen molar-refractivity contribution in [1.29, 1.82) is 0 Å². The van der Waals surface area contributed by atoms with Gasteiger partial charge < -0.3 is 14.1 Å². The lowest BCUT2D eigenvalue weighted by molar-refractivity contribution is -0.461. The van der Waals surface area contributed by atoms with Gasteiger partial charge in [-0.3, -0.25) is 0 Å². The second-order valence-corrected chi connectivity index (χ2v) is 28.9. The molecule has 1 heterocycles. The van der Waals surface area contributed by atoms with Crippen LogP contribution in [0.2, 0.25) is 0 Å². The number of carbonyl (C=O) groups excluding carboxylic acids is 1. The highest BCUT2D eigenvalue weighted by molar-refractivity contribution is 6.08. The Kier molecular flexibility index (Phi) is 31.2. The lowest BCUT2D eigenvalue weighted by Gasteiger charge is -2.43. The van der Waals surface area contributed by atoms with E-state index < -0.39 is 334 Å². The minimum absolute atomic E-state index is 0.00202. The first-order valence-electron chi connectivity index (χ1n) is 34.5. The third kappa shape index (κ3) is 17.9. The van der Waals surface area contributed by atoms with Crippen LogP contribution in [0, 0.1) is 0 Å². The molecule has 2 aromatic carbocycles. The molecule has 0 atom stereocenters.